The highest BCUT2D eigenvalue weighted by Gasteiger charge is 2.35. The van der Waals surface area contributed by atoms with Gasteiger partial charge in [0.2, 0.25) is 5.91 Å². The molecule has 0 aromatic carbocycles. The first-order chi connectivity index (χ1) is 8.96. The fraction of sp³-hybridized carbons (Fsp3) is 0.733. The molecule has 1 aliphatic carbocycles. The Balaban J connectivity index is 1.79. The van der Waals surface area contributed by atoms with E-state index in [1.807, 2.05) is 0 Å². The summed E-state index contributed by atoms with van der Waals surface area (Å²) in [6, 6.07) is 0. The first kappa shape index (κ1) is 14.1. The lowest BCUT2D eigenvalue weighted by Crippen LogP contribution is -2.39. The lowest BCUT2D eigenvalue weighted by atomic mass is 9.68. The van der Waals surface area contributed by atoms with E-state index in [-0.39, 0.29) is 17.2 Å². The van der Waals surface area contributed by atoms with Crippen molar-refractivity contribution in [2.45, 2.75) is 46.5 Å². The highest BCUT2D eigenvalue weighted by Crippen LogP contribution is 2.41. The summed E-state index contributed by atoms with van der Waals surface area (Å²) < 4.78 is 4.77. The van der Waals surface area contributed by atoms with Crippen molar-refractivity contribution in [3.8, 4) is 0 Å². The van der Waals surface area contributed by atoms with Gasteiger partial charge in [0.25, 0.3) is 0 Å². The first-order valence-corrected chi connectivity index (χ1v) is 7.12. The number of nitrogens with one attached hydrogen (secondary N) is 1. The molecule has 0 radical (unpaired) electrons. The van der Waals surface area contributed by atoms with Crippen molar-refractivity contribution in [2.75, 3.05) is 6.54 Å². The normalized spacial score (nSPS) is 26.1. The van der Waals surface area contributed by atoms with Crippen molar-refractivity contribution >= 4 is 5.91 Å². The van der Waals surface area contributed by atoms with E-state index >= 15 is 0 Å². The minimum Gasteiger partial charge on any atom is -0.364 e. The average Bonchev–Trinajstić information content (AvgIpc) is 2.79. The molecule has 4 nitrogen and oxygen atoms in total. The van der Waals surface area contributed by atoms with E-state index in [4.69, 9.17) is 4.52 Å². The van der Waals surface area contributed by atoms with Crippen molar-refractivity contribution in [2.24, 2.45) is 17.3 Å². The van der Waals surface area contributed by atoms with Gasteiger partial charge in [0.05, 0.1) is 6.20 Å². The fourth-order valence-corrected chi connectivity index (χ4v) is 3.37. The first-order valence-electron chi connectivity index (χ1n) is 7.12. The van der Waals surface area contributed by atoms with Crippen LogP contribution < -0.4 is 5.32 Å². The van der Waals surface area contributed by atoms with E-state index in [0.29, 0.717) is 12.5 Å². The lowest BCUT2D eigenvalue weighted by molar-refractivity contribution is -0.127. The quantitative estimate of drug-likeness (QED) is 0.909. The third kappa shape index (κ3) is 4.08. The predicted octanol–water partition coefficient (Wildman–Crippen LogP) is 2.80. The molecule has 2 rings (SSSR count). The predicted molar refractivity (Wildman–Crippen MR) is 73.5 cm³/mol. The summed E-state index contributed by atoms with van der Waals surface area (Å²) >= 11 is 0. The van der Waals surface area contributed by atoms with Crippen LogP contribution >= 0.6 is 0 Å². The molecule has 1 heterocycles. The van der Waals surface area contributed by atoms with Crippen LogP contribution in [-0.4, -0.2) is 17.6 Å². The number of hydrogen-bond donors (Lipinski definition) is 1. The molecule has 0 spiro atoms. The third-order valence-electron chi connectivity index (χ3n) is 3.95. The summed E-state index contributed by atoms with van der Waals surface area (Å²) in [5.41, 5.74) is 1.31. The van der Waals surface area contributed by atoms with Gasteiger partial charge in [0.1, 0.15) is 6.26 Å². The molecule has 1 amide bonds. The van der Waals surface area contributed by atoms with Gasteiger partial charge in [0.15, 0.2) is 0 Å². The molecule has 0 aliphatic heterocycles. The molecule has 1 aromatic heterocycles. The molecule has 19 heavy (non-hydrogen) atoms. The van der Waals surface area contributed by atoms with E-state index in [2.05, 4.69) is 31.2 Å². The highest BCUT2D eigenvalue weighted by molar-refractivity contribution is 5.78. The van der Waals surface area contributed by atoms with Crippen LogP contribution in [-0.2, 0) is 11.2 Å². The summed E-state index contributed by atoms with van der Waals surface area (Å²) in [6.07, 6.45) is 7.33. The van der Waals surface area contributed by atoms with E-state index in [1.54, 1.807) is 12.5 Å². The minimum absolute atomic E-state index is 0.168. The summed E-state index contributed by atoms with van der Waals surface area (Å²) in [5, 5.41) is 6.69. The molecular weight excluding hydrogens is 240 g/mol. The van der Waals surface area contributed by atoms with Crippen LogP contribution in [0.1, 0.15) is 45.6 Å². The minimum atomic E-state index is 0.168. The van der Waals surface area contributed by atoms with Gasteiger partial charge in [-0.05, 0) is 37.0 Å². The third-order valence-corrected chi connectivity index (χ3v) is 3.95. The Labute approximate surface area is 114 Å². The molecule has 1 aliphatic rings. The second-order valence-electron chi connectivity index (χ2n) is 6.68. The molecule has 1 aromatic rings. The maximum atomic E-state index is 12.2. The van der Waals surface area contributed by atoms with Gasteiger partial charge in [-0.3, -0.25) is 4.79 Å². The van der Waals surface area contributed by atoms with Gasteiger partial charge in [-0.1, -0.05) is 25.9 Å². The van der Waals surface area contributed by atoms with Crippen molar-refractivity contribution < 1.29 is 9.32 Å². The van der Waals surface area contributed by atoms with Gasteiger partial charge in [0, 0.05) is 18.0 Å². The number of carbonyl (C=O) groups is 1. The number of amides is 1. The zero-order chi connectivity index (χ0) is 13.9. The van der Waals surface area contributed by atoms with Gasteiger partial charge < -0.3 is 9.84 Å². The van der Waals surface area contributed by atoms with Gasteiger partial charge in [-0.25, -0.2) is 0 Å². The highest BCUT2D eigenvalue weighted by atomic mass is 16.5. The molecule has 4 heteroatoms. The van der Waals surface area contributed by atoms with E-state index in [1.165, 1.54) is 6.42 Å². The number of rotatable bonds is 4. The largest absolute Gasteiger partial charge is 0.364 e. The van der Waals surface area contributed by atoms with E-state index < -0.39 is 0 Å². The Morgan fingerprint density at radius 2 is 2.32 bits per heavy atom. The van der Waals surface area contributed by atoms with Gasteiger partial charge in [-0.2, -0.15) is 0 Å². The van der Waals surface area contributed by atoms with Crippen LogP contribution in [0.3, 0.4) is 0 Å². The Morgan fingerprint density at radius 1 is 1.53 bits per heavy atom. The summed E-state index contributed by atoms with van der Waals surface area (Å²) in [7, 11) is 0. The fourth-order valence-electron chi connectivity index (χ4n) is 3.37. The SMILES string of the molecule is CC1CC(C(=O)NCCc2cnoc2)CC(C)(C)C1. The van der Waals surface area contributed by atoms with Crippen molar-refractivity contribution in [3.63, 3.8) is 0 Å². The molecule has 1 saturated carbocycles. The average molecular weight is 264 g/mol. The van der Waals surface area contributed by atoms with Crippen LogP contribution in [0.15, 0.2) is 17.0 Å². The Morgan fingerprint density at radius 3 is 2.95 bits per heavy atom. The molecule has 0 bridgehead atoms. The van der Waals surface area contributed by atoms with Crippen LogP contribution in [0.2, 0.25) is 0 Å². The molecule has 0 saturated heterocycles. The topological polar surface area (TPSA) is 55.1 Å². The van der Waals surface area contributed by atoms with Gasteiger partial charge >= 0.3 is 0 Å². The number of aromatic nitrogens is 1. The van der Waals surface area contributed by atoms with Crippen molar-refractivity contribution in [1.29, 1.82) is 0 Å². The van der Waals surface area contributed by atoms with Gasteiger partial charge in [-0.15, -0.1) is 0 Å². The monoisotopic (exact) mass is 264 g/mol. The molecule has 106 valence electrons. The van der Waals surface area contributed by atoms with Crippen LogP contribution in [0.5, 0.6) is 0 Å². The van der Waals surface area contributed by atoms with E-state index in [9.17, 15) is 4.79 Å². The maximum Gasteiger partial charge on any atom is 0.223 e. The number of carbonyl (C=O) groups excluding carboxylic acids is 1. The smallest absolute Gasteiger partial charge is 0.223 e. The Hall–Kier alpha value is -1.32. The van der Waals surface area contributed by atoms with Crippen LogP contribution in [0, 0.1) is 17.3 Å². The number of nitrogens with zero attached hydrogens (tertiary/aromatic N) is 1. The van der Waals surface area contributed by atoms with E-state index in [0.717, 1.165) is 24.8 Å². The lowest BCUT2D eigenvalue weighted by Gasteiger charge is -2.38. The summed E-state index contributed by atoms with van der Waals surface area (Å²) in [5.74, 6) is 1.01. The Kier molecular flexibility index (Phi) is 4.27. The molecular formula is C15H24N2O2. The van der Waals surface area contributed by atoms with Crippen molar-refractivity contribution in [3.05, 3.63) is 18.0 Å². The zero-order valence-electron chi connectivity index (χ0n) is 12.1. The molecule has 2 unspecified atom stereocenters. The second kappa shape index (κ2) is 5.76. The Bertz CT molecular complexity index is 412. The van der Waals surface area contributed by atoms with Crippen molar-refractivity contribution in [1.82, 2.24) is 10.5 Å². The molecule has 1 N–H and O–H groups in total. The summed E-state index contributed by atoms with van der Waals surface area (Å²) in [6.45, 7) is 7.43. The second-order valence-corrected chi connectivity index (χ2v) is 6.68. The number of hydrogen-bond acceptors (Lipinski definition) is 3. The standard InChI is InChI=1S/C15H24N2O2/c1-11-6-13(8-15(2,3)7-11)14(18)16-5-4-12-9-17-19-10-12/h9-11,13H,4-8H2,1-3H3,(H,16,18). The van der Waals surface area contributed by atoms with Crippen LogP contribution in [0.4, 0.5) is 0 Å². The zero-order valence-corrected chi connectivity index (χ0v) is 12.1. The molecule has 1 fully saturated rings. The summed E-state index contributed by atoms with van der Waals surface area (Å²) in [4.78, 5) is 12.2. The van der Waals surface area contributed by atoms with Crippen LogP contribution in [0.25, 0.3) is 0 Å². The maximum absolute atomic E-state index is 12.2. The molecule has 2 atom stereocenters.